The van der Waals surface area contributed by atoms with Crippen molar-refractivity contribution in [2.75, 3.05) is 31.5 Å². The average Bonchev–Trinajstić information content (AvgIpc) is 2.40. The van der Waals surface area contributed by atoms with Gasteiger partial charge >= 0.3 is 0 Å². The highest BCUT2D eigenvalue weighted by Gasteiger charge is 2.14. The first kappa shape index (κ1) is 13.8. The number of likely N-dealkylation sites (tertiary alicyclic amines) is 1. The molecule has 1 aromatic heterocycles. The van der Waals surface area contributed by atoms with Crippen LogP contribution in [0.5, 0.6) is 0 Å². The van der Waals surface area contributed by atoms with Crippen LogP contribution in [0.1, 0.15) is 31.2 Å². The molecule has 1 N–H and O–H groups in total. The van der Waals surface area contributed by atoms with Gasteiger partial charge in [0.05, 0.1) is 0 Å². The molecule has 0 amide bonds. The normalized spacial score (nSPS) is 17.1. The molecule has 19 heavy (non-hydrogen) atoms. The van der Waals surface area contributed by atoms with Crippen LogP contribution in [0, 0.1) is 24.2 Å². The lowest BCUT2D eigenvalue weighted by Crippen LogP contribution is -2.36. The molecule has 5 nitrogen and oxygen atoms in total. The van der Waals surface area contributed by atoms with Gasteiger partial charge < -0.3 is 10.2 Å². The van der Waals surface area contributed by atoms with Crippen molar-refractivity contribution in [3.63, 3.8) is 0 Å². The van der Waals surface area contributed by atoms with E-state index in [4.69, 9.17) is 5.26 Å². The average molecular weight is 259 g/mol. The number of piperidine rings is 1. The standard InChI is InChI=1S/C14H21N5/c1-11-3-6-19(7-4-11)8-5-16-14-17-12(2)9-13(10-15)18-14/h9,11H,3-8H2,1-2H3,(H,16,17,18). The molecule has 0 atom stereocenters. The van der Waals surface area contributed by atoms with Crippen LogP contribution in [0.15, 0.2) is 6.07 Å². The number of nitrogens with zero attached hydrogens (tertiary/aromatic N) is 4. The number of hydrogen-bond donors (Lipinski definition) is 1. The zero-order valence-electron chi connectivity index (χ0n) is 11.7. The Balaban J connectivity index is 1.79. The first-order valence-corrected chi connectivity index (χ1v) is 6.89. The summed E-state index contributed by atoms with van der Waals surface area (Å²) in [5.41, 5.74) is 1.24. The molecule has 1 aliphatic rings. The second-order valence-corrected chi connectivity index (χ2v) is 5.28. The Morgan fingerprint density at radius 2 is 2.16 bits per heavy atom. The Kier molecular flexibility index (Phi) is 4.69. The fourth-order valence-electron chi connectivity index (χ4n) is 2.32. The fourth-order valence-corrected chi connectivity index (χ4v) is 2.32. The number of hydrogen-bond acceptors (Lipinski definition) is 5. The summed E-state index contributed by atoms with van der Waals surface area (Å²) in [5, 5.41) is 12.1. The first-order valence-electron chi connectivity index (χ1n) is 6.89. The fraction of sp³-hybridized carbons (Fsp3) is 0.643. The molecular weight excluding hydrogens is 238 g/mol. The van der Waals surface area contributed by atoms with Gasteiger partial charge in [0.15, 0.2) is 0 Å². The molecule has 102 valence electrons. The minimum atomic E-state index is 0.418. The van der Waals surface area contributed by atoms with Gasteiger partial charge in [0.2, 0.25) is 5.95 Å². The highest BCUT2D eigenvalue weighted by molar-refractivity contribution is 5.32. The van der Waals surface area contributed by atoms with Crippen molar-refractivity contribution in [2.24, 2.45) is 5.92 Å². The zero-order chi connectivity index (χ0) is 13.7. The Bertz CT molecular complexity index is 457. The van der Waals surface area contributed by atoms with Crippen molar-refractivity contribution in [1.82, 2.24) is 14.9 Å². The lowest BCUT2D eigenvalue weighted by atomic mass is 9.99. The maximum atomic E-state index is 8.86. The highest BCUT2D eigenvalue weighted by Crippen LogP contribution is 2.15. The molecule has 5 heteroatoms. The minimum absolute atomic E-state index is 0.418. The van der Waals surface area contributed by atoms with E-state index < -0.39 is 0 Å². The van der Waals surface area contributed by atoms with Crippen LogP contribution < -0.4 is 5.32 Å². The van der Waals surface area contributed by atoms with Crippen molar-refractivity contribution >= 4 is 5.95 Å². The van der Waals surface area contributed by atoms with Gasteiger partial charge in [0, 0.05) is 18.8 Å². The quantitative estimate of drug-likeness (QED) is 0.893. The van der Waals surface area contributed by atoms with Gasteiger partial charge in [-0.3, -0.25) is 0 Å². The van der Waals surface area contributed by atoms with Gasteiger partial charge in [-0.05, 0) is 44.8 Å². The minimum Gasteiger partial charge on any atom is -0.353 e. The van der Waals surface area contributed by atoms with Crippen LogP contribution in [0.25, 0.3) is 0 Å². The molecule has 2 heterocycles. The number of aromatic nitrogens is 2. The lowest BCUT2D eigenvalue weighted by molar-refractivity contribution is 0.199. The Morgan fingerprint density at radius 3 is 2.84 bits per heavy atom. The second-order valence-electron chi connectivity index (χ2n) is 5.28. The summed E-state index contributed by atoms with van der Waals surface area (Å²) in [7, 11) is 0. The SMILES string of the molecule is Cc1cc(C#N)nc(NCCN2CCC(C)CC2)n1. The predicted octanol–water partition coefficient (Wildman–Crippen LogP) is 1.80. The smallest absolute Gasteiger partial charge is 0.224 e. The van der Waals surface area contributed by atoms with Crippen LogP contribution in [-0.2, 0) is 0 Å². The van der Waals surface area contributed by atoms with Crippen molar-refractivity contribution in [2.45, 2.75) is 26.7 Å². The monoisotopic (exact) mass is 259 g/mol. The summed E-state index contributed by atoms with van der Waals surface area (Å²) < 4.78 is 0. The third-order valence-corrected chi connectivity index (χ3v) is 3.56. The van der Waals surface area contributed by atoms with Crippen LogP contribution >= 0.6 is 0 Å². The van der Waals surface area contributed by atoms with Crippen molar-refractivity contribution in [1.29, 1.82) is 5.26 Å². The molecule has 1 aliphatic heterocycles. The Labute approximate surface area is 114 Å². The number of nitrogens with one attached hydrogen (secondary N) is 1. The van der Waals surface area contributed by atoms with Gasteiger partial charge in [0.1, 0.15) is 11.8 Å². The number of aryl methyl sites for hydroxylation is 1. The van der Waals surface area contributed by atoms with E-state index in [2.05, 4.69) is 33.2 Å². The van der Waals surface area contributed by atoms with Crippen molar-refractivity contribution < 1.29 is 0 Å². The van der Waals surface area contributed by atoms with E-state index in [1.807, 2.05) is 6.92 Å². The summed E-state index contributed by atoms with van der Waals surface area (Å²) in [6.45, 7) is 8.38. The van der Waals surface area contributed by atoms with E-state index in [9.17, 15) is 0 Å². The second kappa shape index (κ2) is 6.48. The summed E-state index contributed by atoms with van der Waals surface area (Å²) in [6.07, 6.45) is 2.58. The lowest BCUT2D eigenvalue weighted by Gasteiger charge is -2.30. The zero-order valence-corrected chi connectivity index (χ0v) is 11.7. The molecule has 0 aliphatic carbocycles. The molecule has 0 saturated carbocycles. The van der Waals surface area contributed by atoms with Crippen LogP contribution in [0.4, 0.5) is 5.95 Å². The maximum absolute atomic E-state index is 8.86. The largest absolute Gasteiger partial charge is 0.353 e. The molecule has 0 unspecified atom stereocenters. The molecule has 2 rings (SSSR count). The van der Waals surface area contributed by atoms with E-state index in [1.165, 1.54) is 25.9 Å². The molecule has 0 bridgehead atoms. The molecule has 0 radical (unpaired) electrons. The molecule has 0 spiro atoms. The van der Waals surface area contributed by atoms with Crippen molar-refractivity contribution in [3.05, 3.63) is 17.5 Å². The van der Waals surface area contributed by atoms with E-state index >= 15 is 0 Å². The molecule has 1 fully saturated rings. The van der Waals surface area contributed by atoms with Gasteiger partial charge in [-0.15, -0.1) is 0 Å². The molecule has 1 saturated heterocycles. The number of nitriles is 1. The summed E-state index contributed by atoms with van der Waals surface area (Å²) in [5.74, 6) is 1.42. The third-order valence-electron chi connectivity index (χ3n) is 3.56. The van der Waals surface area contributed by atoms with Crippen LogP contribution in [-0.4, -0.2) is 41.0 Å². The molecule has 0 aromatic carbocycles. The van der Waals surface area contributed by atoms with E-state index in [-0.39, 0.29) is 0 Å². The van der Waals surface area contributed by atoms with Gasteiger partial charge in [-0.2, -0.15) is 5.26 Å². The van der Waals surface area contributed by atoms with Crippen molar-refractivity contribution in [3.8, 4) is 6.07 Å². The molecule has 1 aromatic rings. The highest BCUT2D eigenvalue weighted by atomic mass is 15.2. The maximum Gasteiger partial charge on any atom is 0.224 e. The third kappa shape index (κ3) is 4.18. The summed E-state index contributed by atoms with van der Waals surface area (Å²) >= 11 is 0. The number of anilines is 1. The van der Waals surface area contributed by atoms with E-state index in [0.717, 1.165) is 24.7 Å². The van der Waals surface area contributed by atoms with Gasteiger partial charge in [0.25, 0.3) is 0 Å². The van der Waals surface area contributed by atoms with Crippen LogP contribution in [0.2, 0.25) is 0 Å². The summed E-state index contributed by atoms with van der Waals surface area (Å²) in [6, 6.07) is 3.74. The Morgan fingerprint density at radius 1 is 1.42 bits per heavy atom. The van der Waals surface area contributed by atoms with Gasteiger partial charge in [-0.25, -0.2) is 9.97 Å². The van der Waals surface area contributed by atoms with E-state index in [1.54, 1.807) is 6.07 Å². The first-order chi connectivity index (χ1) is 9.17. The summed E-state index contributed by atoms with van der Waals surface area (Å²) in [4.78, 5) is 10.9. The molecular formula is C14H21N5. The topological polar surface area (TPSA) is 64.8 Å². The number of rotatable bonds is 4. The van der Waals surface area contributed by atoms with Crippen LogP contribution in [0.3, 0.4) is 0 Å². The Hall–Kier alpha value is -1.67. The predicted molar refractivity (Wildman–Crippen MR) is 74.8 cm³/mol. The van der Waals surface area contributed by atoms with Gasteiger partial charge in [-0.1, -0.05) is 6.92 Å². The van der Waals surface area contributed by atoms with E-state index in [0.29, 0.717) is 11.6 Å².